The fraction of sp³-hybridized carbons (Fsp3) is 0. The largest absolute Gasteiger partial charge is 0.259 e. The molecule has 2 heterocycles. The number of H-pyrrole nitrogens is 1. The van der Waals surface area contributed by atoms with Gasteiger partial charge in [0.2, 0.25) is 0 Å². The van der Waals surface area contributed by atoms with Crippen molar-refractivity contribution in [1.82, 2.24) is 25.6 Å². The summed E-state index contributed by atoms with van der Waals surface area (Å²) in [5.74, 6) is 0. The standard InChI is InChI=1S/C4H2ClN5/c5-3-2-1-6-8-4(2)9-10-7-3/h1H,(H,6,7,8,9). The van der Waals surface area contributed by atoms with Crippen molar-refractivity contribution in [3.05, 3.63) is 11.3 Å². The Hall–Kier alpha value is -1.23. The van der Waals surface area contributed by atoms with Gasteiger partial charge in [-0.2, -0.15) is 5.10 Å². The van der Waals surface area contributed by atoms with E-state index in [1.54, 1.807) is 6.20 Å². The smallest absolute Gasteiger partial charge is 0.182 e. The van der Waals surface area contributed by atoms with Gasteiger partial charge in [-0.3, -0.25) is 5.10 Å². The molecule has 0 saturated heterocycles. The van der Waals surface area contributed by atoms with Crippen molar-refractivity contribution < 1.29 is 0 Å². The highest BCUT2D eigenvalue weighted by Gasteiger charge is 2.01. The van der Waals surface area contributed by atoms with Gasteiger partial charge < -0.3 is 0 Å². The van der Waals surface area contributed by atoms with E-state index in [-0.39, 0.29) is 0 Å². The Labute approximate surface area is 60.4 Å². The fourth-order valence-corrected chi connectivity index (χ4v) is 0.839. The first-order valence-electron chi connectivity index (χ1n) is 2.56. The molecule has 0 aliphatic rings. The summed E-state index contributed by atoms with van der Waals surface area (Å²) in [5.41, 5.74) is 0.556. The van der Waals surface area contributed by atoms with Crippen LogP contribution in [-0.4, -0.2) is 25.6 Å². The first-order chi connectivity index (χ1) is 4.88. The van der Waals surface area contributed by atoms with Crippen LogP contribution in [0.25, 0.3) is 11.0 Å². The highest BCUT2D eigenvalue weighted by molar-refractivity contribution is 6.33. The van der Waals surface area contributed by atoms with Crippen molar-refractivity contribution in [3.63, 3.8) is 0 Å². The molecule has 0 unspecified atom stereocenters. The molecule has 0 amide bonds. The van der Waals surface area contributed by atoms with E-state index in [0.717, 1.165) is 0 Å². The fourth-order valence-electron chi connectivity index (χ4n) is 0.667. The van der Waals surface area contributed by atoms with E-state index >= 15 is 0 Å². The normalized spacial score (nSPS) is 10.5. The van der Waals surface area contributed by atoms with Crippen LogP contribution in [0.2, 0.25) is 5.15 Å². The van der Waals surface area contributed by atoms with E-state index in [4.69, 9.17) is 11.6 Å². The number of fused-ring (bicyclic) bond motifs is 1. The number of hydrogen-bond donors (Lipinski definition) is 1. The molecular weight excluding hydrogens is 154 g/mol. The SMILES string of the molecule is Clc1nnnc2[nH]ncc12. The molecule has 0 fully saturated rings. The molecule has 50 valence electrons. The van der Waals surface area contributed by atoms with Crippen LogP contribution in [0.4, 0.5) is 0 Å². The van der Waals surface area contributed by atoms with Crippen molar-refractivity contribution >= 4 is 22.6 Å². The third-order valence-electron chi connectivity index (χ3n) is 1.12. The number of nitrogens with one attached hydrogen (secondary N) is 1. The molecule has 2 aromatic heterocycles. The van der Waals surface area contributed by atoms with Crippen LogP contribution in [0.1, 0.15) is 0 Å². The van der Waals surface area contributed by atoms with Crippen LogP contribution in [0.15, 0.2) is 6.20 Å². The number of aromatic nitrogens is 5. The zero-order valence-corrected chi connectivity index (χ0v) is 5.50. The maximum atomic E-state index is 5.62. The van der Waals surface area contributed by atoms with Crippen LogP contribution < -0.4 is 0 Å². The van der Waals surface area contributed by atoms with Crippen LogP contribution in [0, 0.1) is 0 Å². The minimum Gasteiger partial charge on any atom is -0.259 e. The second-order valence-corrected chi connectivity index (χ2v) is 2.07. The maximum absolute atomic E-state index is 5.62. The lowest BCUT2D eigenvalue weighted by Gasteiger charge is -1.84. The molecule has 0 atom stereocenters. The third-order valence-corrected chi connectivity index (χ3v) is 1.40. The number of halogens is 1. The molecule has 2 aromatic rings. The van der Waals surface area contributed by atoms with Crippen LogP contribution in [0.5, 0.6) is 0 Å². The quantitative estimate of drug-likeness (QED) is 0.598. The number of rotatable bonds is 0. The third kappa shape index (κ3) is 0.640. The molecule has 0 aliphatic heterocycles. The predicted octanol–water partition coefficient (Wildman–Crippen LogP) is 0.401. The number of aromatic amines is 1. The molecule has 0 aliphatic carbocycles. The molecule has 0 aromatic carbocycles. The van der Waals surface area contributed by atoms with E-state index in [2.05, 4.69) is 25.6 Å². The van der Waals surface area contributed by atoms with Gasteiger partial charge in [0.15, 0.2) is 10.8 Å². The average molecular weight is 156 g/mol. The van der Waals surface area contributed by atoms with Crippen LogP contribution in [-0.2, 0) is 0 Å². The van der Waals surface area contributed by atoms with Crippen LogP contribution in [0.3, 0.4) is 0 Å². The van der Waals surface area contributed by atoms with Crippen molar-refractivity contribution in [2.75, 3.05) is 0 Å². The molecule has 10 heavy (non-hydrogen) atoms. The molecule has 5 nitrogen and oxygen atoms in total. The van der Waals surface area contributed by atoms with Gasteiger partial charge in [-0.1, -0.05) is 11.6 Å². The summed E-state index contributed by atoms with van der Waals surface area (Å²) >= 11 is 5.62. The summed E-state index contributed by atoms with van der Waals surface area (Å²) in [6, 6.07) is 0. The van der Waals surface area contributed by atoms with Gasteiger partial charge in [-0.05, 0) is 5.21 Å². The Balaban J connectivity index is 2.95. The van der Waals surface area contributed by atoms with Gasteiger partial charge >= 0.3 is 0 Å². The van der Waals surface area contributed by atoms with Gasteiger partial charge in [0, 0.05) is 0 Å². The lowest BCUT2D eigenvalue weighted by molar-refractivity contribution is 0.884. The highest BCUT2D eigenvalue weighted by atomic mass is 35.5. The predicted molar refractivity (Wildman–Crippen MR) is 34.5 cm³/mol. The van der Waals surface area contributed by atoms with Gasteiger partial charge in [-0.15, -0.1) is 10.2 Å². The first-order valence-corrected chi connectivity index (χ1v) is 2.93. The number of nitrogens with zero attached hydrogens (tertiary/aromatic N) is 4. The van der Waals surface area contributed by atoms with E-state index < -0.39 is 0 Å². The van der Waals surface area contributed by atoms with Crippen molar-refractivity contribution in [2.24, 2.45) is 0 Å². The summed E-state index contributed by atoms with van der Waals surface area (Å²) < 4.78 is 0. The summed E-state index contributed by atoms with van der Waals surface area (Å²) in [4.78, 5) is 0. The average Bonchev–Trinajstić information content (AvgIpc) is 2.36. The Kier molecular flexibility index (Phi) is 1.04. The van der Waals surface area contributed by atoms with E-state index in [0.29, 0.717) is 16.2 Å². The monoisotopic (exact) mass is 155 g/mol. The lowest BCUT2D eigenvalue weighted by atomic mass is 10.5. The van der Waals surface area contributed by atoms with Gasteiger partial charge in [0.05, 0.1) is 11.6 Å². The summed E-state index contributed by atoms with van der Waals surface area (Å²) in [6.45, 7) is 0. The van der Waals surface area contributed by atoms with Crippen LogP contribution >= 0.6 is 11.6 Å². The van der Waals surface area contributed by atoms with Gasteiger partial charge in [0.25, 0.3) is 0 Å². The molecular formula is C4H2ClN5. The van der Waals surface area contributed by atoms with E-state index in [9.17, 15) is 0 Å². The molecule has 0 saturated carbocycles. The molecule has 6 heteroatoms. The first kappa shape index (κ1) is 5.55. The highest BCUT2D eigenvalue weighted by Crippen LogP contribution is 2.13. The van der Waals surface area contributed by atoms with Crippen molar-refractivity contribution in [1.29, 1.82) is 0 Å². The molecule has 1 N–H and O–H groups in total. The van der Waals surface area contributed by atoms with E-state index in [1.807, 2.05) is 0 Å². The second kappa shape index (κ2) is 1.88. The summed E-state index contributed by atoms with van der Waals surface area (Å²) in [5, 5.41) is 17.9. The zero-order chi connectivity index (χ0) is 6.97. The Morgan fingerprint density at radius 3 is 3.10 bits per heavy atom. The molecule has 0 spiro atoms. The molecule has 0 bridgehead atoms. The van der Waals surface area contributed by atoms with E-state index in [1.165, 1.54) is 0 Å². The van der Waals surface area contributed by atoms with Crippen molar-refractivity contribution in [2.45, 2.75) is 0 Å². The zero-order valence-electron chi connectivity index (χ0n) is 4.74. The summed E-state index contributed by atoms with van der Waals surface area (Å²) in [6.07, 6.45) is 1.55. The van der Waals surface area contributed by atoms with Gasteiger partial charge in [0.1, 0.15) is 0 Å². The number of hydrogen-bond acceptors (Lipinski definition) is 4. The lowest BCUT2D eigenvalue weighted by Crippen LogP contribution is -1.87. The Morgan fingerprint density at radius 2 is 2.30 bits per heavy atom. The molecule has 2 rings (SSSR count). The maximum Gasteiger partial charge on any atom is 0.182 e. The minimum atomic E-state index is 0.318. The molecule has 0 radical (unpaired) electrons. The summed E-state index contributed by atoms with van der Waals surface area (Å²) in [7, 11) is 0. The Morgan fingerprint density at radius 1 is 1.40 bits per heavy atom. The second-order valence-electron chi connectivity index (χ2n) is 1.71. The minimum absolute atomic E-state index is 0.318. The topological polar surface area (TPSA) is 67.3 Å². The Bertz CT molecular complexity index is 355. The van der Waals surface area contributed by atoms with Gasteiger partial charge in [-0.25, -0.2) is 0 Å². The van der Waals surface area contributed by atoms with Crippen molar-refractivity contribution in [3.8, 4) is 0 Å².